The predicted octanol–water partition coefficient (Wildman–Crippen LogP) is 1.17. The van der Waals surface area contributed by atoms with Crippen molar-refractivity contribution in [2.75, 3.05) is 12.4 Å². The van der Waals surface area contributed by atoms with Crippen molar-refractivity contribution in [2.24, 2.45) is 0 Å². The van der Waals surface area contributed by atoms with E-state index in [9.17, 15) is 9.59 Å². The summed E-state index contributed by atoms with van der Waals surface area (Å²) in [5.41, 5.74) is 0.331. The fraction of sp³-hybridized carbons (Fsp3) is 0.364. The number of aldehydes is 1. The van der Waals surface area contributed by atoms with Crippen LogP contribution in [0.4, 0.5) is 5.82 Å². The van der Waals surface area contributed by atoms with Crippen LogP contribution in [0.2, 0.25) is 0 Å². The van der Waals surface area contributed by atoms with E-state index in [2.05, 4.69) is 10.4 Å². The van der Waals surface area contributed by atoms with Gasteiger partial charge in [0.15, 0.2) is 0 Å². The van der Waals surface area contributed by atoms with Gasteiger partial charge in [0.25, 0.3) is 0 Å². The summed E-state index contributed by atoms with van der Waals surface area (Å²) < 4.78 is 1.66. The SMILES string of the molecule is CNc1c(/C(=C\C=O)C(=O)O)cnn1C(C)C. The number of anilines is 1. The molecule has 0 saturated carbocycles. The summed E-state index contributed by atoms with van der Waals surface area (Å²) in [7, 11) is 1.68. The zero-order valence-corrected chi connectivity index (χ0v) is 9.97. The molecule has 0 aliphatic heterocycles. The molecule has 0 spiro atoms. The van der Waals surface area contributed by atoms with Gasteiger partial charge in [-0.25, -0.2) is 9.48 Å². The molecular formula is C11H15N3O3. The highest BCUT2D eigenvalue weighted by molar-refractivity contribution is 6.19. The Balaban J connectivity index is 3.35. The van der Waals surface area contributed by atoms with Crippen LogP contribution >= 0.6 is 0 Å². The van der Waals surface area contributed by atoms with E-state index in [1.807, 2.05) is 13.8 Å². The molecule has 2 N–H and O–H groups in total. The lowest BCUT2D eigenvalue weighted by molar-refractivity contribution is -0.130. The Bertz CT molecular complexity index is 461. The number of hydrogen-bond donors (Lipinski definition) is 2. The standard InChI is InChI=1S/C11H15N3O3/c1-7(2)14-10(12-3)9(6-13-14)8(4-5-15)11(16)17/h4-7,12H,1-3H3,(H,16,17)/b8-4+. The van der Waals surface area contributed by atoms with Crippen LogP contribution in [0.25, 0.3) is 5.57 Å². The molecule has 0 unspecified atom stereocenters. The molecule has 17 heavy (non-hydrogen) atoms. The topological polar surface area (TPSA) is 84.2 Å². The summed E-state index contributed by atoms with van der Waals surface area (Å²) in [6.45, 7) is 3.86. The van der Waals surface area contributed by atoms with E-state index in [1.165, 1.54) is 6.20 Å². The van der Waals surface area contributed by atoms with Gasteiger partial charge in [0, 0.05) is 13.1 Å². The number of carboxylic acids is 1. The molecule has 6 nitrogen and oxygen atoms in total. The van der Waals surface area contributed by atoms with Crippen molar-refractivity contribution in [3.8, 4) is 0 Å². The van der Waals surface area contributed by atoms with Crippen LogP contribution < -0.4 is 5.32 Å². The van der Waals surface area contributed by atoms with Crippen molar-refractivity contribution in [3.63, 3.8) is 0 Å². The van der Waals surface area contributed by atoms with Gasteiger partial charge in [0.05, 0.1) is 17.3 Å². The third kappa shape index (κ3) is 2.52. The highest BCUT2D eigenvalue weighted by Gasteiger charge is 2.19. The maximum Gasteiger partial charge on any atom is 0.336 e. The molecule has 0 aromatic carbocycles. The second-order valence-electron chi connectivity index (χ2n) is 3.72. The lowest BCUT2D eigenvalue weighted by Crippen LogP contribution is -2.09. The normalized spacial score (nSPS) is 11.6. The van der Waals surface area contributed by atoms with E-state index in [0.29, 0.717) is 17.7 Å². The Kier molecular flexibility index (Phi) is 4.03. The molecule has 0 radical (unpaired) electrons. The number of carbonyl (C=O) groups is 2. The molecule has 0 atom stereocenters. The zero-order chi connectivity index (χ0) is 13.0. The third-order valence-electron chi connectivity index (χ3n) is 2.28. The number of nitrogens with zero attached hydrogens (tertiary/aromatic N) is 2. The van der Waals surface area contributed by atoms with E-state index in [4.69, 9.17) is 5.11 Å². The van der Waals surface area contributed by atoms with Crippen molar-refractivity contribution in [3.05, 3.63) is 17.8 Å². The lowest BCUT2D eigenvalue weighted by atomic mass is 10.1. The number of hydrogen-bond acceptors (Lipinski definition) is 4. The van der Waals surface area contributed by atoms with Gasteiger partial charge in [-0.2, -0.15) is 5.10 Å². The largest absolute Gasteiger partial charge is 0.478 e. The minimum Gasteiger partial charge on any atom is -0.478 e. The summed E-state index contributed by atoms with van der Waals surface area (Å²) in [4.78, 5) is 21.5. The average Bonchev–Trinajstić information content (AvgIpc) is 2.68. The van der Waals surface area contributed by atoms with Gasteiger partial charge >= 0.3 is 5.97 Å². The molecule has 1 rings (SSSR count). The fourth-order valence-electron chi connectivity index (χ4n) is 1.54. The van der Waals surface area contributed by atoms with Crippen molar-refractivity contribution in [2.45, 2.75) is 19.9 Å². The Morgan fingerprint density at radius 3 is 2.65 bits per heavy atom. The number of nitrogens with one attached hydrogen (secondary N) is 1. The first-order chi connectivity index (χ1) is 8.02. The molecular weight excluding hydrogens is 222 g/mol. The van der Waals surface area contributed by atoms with E-state index in [1.54, 1.807) is 11.7 Å². The van der Waals surface area contributed by atoms with Crippen LogP contribution in [0, 0.1) is 0 Å². The minimum atomic E-state index is -1.16. The second kappa shape index (κ2) is 5.29. The molecule has 92 valence electrons. The molecule has 0 aliphatic carbocycles. The first-order valence-electron chi connectivity index (χ1n) is 5.17. The first-order valence-corrected chi connectivity index (χ1v) is 5.17. The van der Waals surface area contributed by atoms with Crippen molar-refractivity contribution in [1.82, 2.24) is 9.78 Å². The number of carbonyl (C=O) groups excluding carboxylic acids is 1. The van der Waals surface area contributed by atoms with Gasteiger partial charge in [0.1, 0.15) is 12.1 Å². The Labute approximate surface area is 98.9 Å². The molecule has 0 saturated heterocycles. The average molecular weight is 237 g/mol. The highest BCUT2D eigenvalue weighted by atomic mass is 16.4. The Hall–Kier alpha value is -2.11. The minimum absolute atomic E-state index is 0.0729. The predicted molar refractivity (Wildman–Crippen MR) is 63.8 cm³/mol. The quantitative estimate of drug-likeness (QED) is 0.593. The van der Waals surface area contributed by atoms with E-state index in [0.717, 1.165) is 6.08 Å². The zero-order valence-electron chi connectivity index (χ0n) is 9.97. The molecule has 0 amide bonds. The van der Waals surface area contributed by atoms with E-state index < -0.39 is 5.97 Å². The van der Waals surface area contributed by atoms with Crippen LogP contribution in [0.1, 0.15) is 25.5 Å². The maximum absolute atomic E-state index is 11.0. The monoisotopic (exact) mass is 237 g/mol. The van der Waals surface area contributed by atoms with Gasteiger partial charge in [-0.1, -0.05) is 0 Å². The van der Waals surface area contributed by atoms with Crippen LogP contribution in [0.5, 0.6) is 0 Å². The molecule has 1 heterocycles. The van der Waals surface area contributed by atoms with Crippen LogP contribution in [0.3, 0.4) is 0 Å². The van der Waals surface area contributed by atoms with Gasteiger partial charge in [-0.3, -0.25) is 4.79 Å². The van der Waals surface area contributed by atoms with Crippen molar-refractivity contribution >= 4 is 23.6 Å². The molecule has 1 aromatic heterocycles. The summed E-state index contributed by atoms with van der Waals surface area (Å²) in [5, 5.41) is 16.0. The molecule has 0 fully saturated rings. The van der Waals surface area contributed by atoms with Crippen LogP contribution in [-0.4, -0.2) is 34.2 Å². The van der Waals surface area contributed by atoms with Crippen LogP contribution in [-0.2, 0) is 9.59 Å². The number of rotatable bonds is 5. The first kappa shape index (κ1) is 13.0. The Morgan fingerprint density at radius 2 is 2.24 bits per heavy atom. The maximum atomic E-state index is 11.0. The summed E-state index contributed by atoms with van der Waals surface area (Å²) in [6.07, 6.45) is 2.91. The molecule has 0 aliphatic rings. The van der Waals surface area contributed by atoms with Crippen molar-refractivity contribution < 1.29 is 14.7 Å². The number of aliphatic carboxylic acids is 1. The van der Waals surface area contributed by atoms with Gasteiger partial charge in [-0.05, 0) is 19.9 Å². The third-order valence-corrected chi connectivity index (χ3v) is 2.28. The van der Waals surface area contributed by atoms with Crippen LogP contribution in [0.15, 0.2) is 12.3 Å². The fourth-order valence-corrected chi connectivity index (χ4v) is 1.54. The summed E-state index contributed by atoms with van der Waals surface area (Å²) in [5.74, 6) is -0.576. The number of allylic oxidation sites excluding steroid dienone is 1. The van der Waals surface area contributed by atoms with Crippen molar-refractivity contribution in [1.29, 1.82) is 0 Å². The van der Waals surface area contributed by atoms with Gasteiger partial charge in [-0.15, -0.1) is 0 Å². The smallest absolute Gasteiger partial charge is 0.336 e. The lowest BCUT2D eigenvalue weighted by Gasteiger charge is -2.11. The van der Waals surface area contributed by atoms with E-state index >= 15 is 0 Å². The second-order valence-corrected chi connectivity index (χ2v) is 3.72. The van der Waals surface area contributed by atoms with E-state index in [-0.39, 0.29) is 11.6 Å². The molecule has 0 bridgehead atoms. The Morgan fingerprint density at radius 1 is 1.59 bits per heavy atom. The number of carboxylic acid groups (broad SMARTS) is 1. The number of aromatic nitrogens is 2. The van der Waals surface area contributed by atoms with Gasteiger partial charge < -0.3 is 10.4 Å². The summed E-state index contributed by atoms with van der Waals surface area (Å²) >= 11 is 0. The highest BCUT2D eigenvalue weighted by Crippen LogP contribution is 2.25. The molecule has 1 aromatic rings. The van der Waals surface area contributed by atoms with Gasteiger partial charge in [0.2, 0.25) is 0 Å². The summed E-state index contributed by atoms with van der Waals surface area (Å²) in [6, 6.07) is 0.0949. The molecule has 6 heteroatoms.